The Morgan fingerprint density at radius 2 is 1.90 bits per heavy atom. The lowest BCUT2D eigenvalue weighted by Crippen LogP contribution is -2.51. The van der Waals surface area contributed by atoms with Crippen molar-refractivity contribution in [2.75, 3.05) is 6.54 Å². The van der Waals surface area contributed by atoms with Crippen molar-refractivity contribution < 1.29 is 9.59 Å². The summed E-state index contributed by atoms with van der Waals surface area (Å²) in [6.45, 7) is 10.7. The van der Waals surface area contributed by atoms with Gasteiger partial charge < -0.3 is 11.1 Å². The molecule has 2 fully saturated rings. The molecule has 5 nitrogen and oxygen atoms in total. The average molecular weight is 295 g/mol. The highest BCUT2D eigenvalue weighted by molar-refractivity contribution is 6.06. The fraction of sp³-hybridized carbons (Fsp3) is 0.875. The summed E-state index contributed by atoms with van der Waals surface area (Å²) in [5.41, 5.74) is 5.29. The Hall–Kier alpha value is -1.10. The molecule has 1 aliphatic heterocycles. The molecule has 0 bridgehead atoms. The Bertz CT molecular complexity index is 439. The Labute approximate surface area is 127 Å². The third kappa shape index (κ3) is 2.93. The fourth-order valence-electron chi connectivity index (χ4n) is 3.66. The van der Waals surface area contributed by atoms with E-state index in [0.29, 0.717) is 12.5 Å². The van der Waals surface area contributed by atoms with E-state index < -0.39 is 5.54 Å². The van der Waals surface area contributed by atoms with E-state index in [4.69, 9.17) is 5.73 Å². The molecule has 0 aromatic carbocycles. The SMILES string of the molecule is CC1(C)NC(=O)N(C2CC(C(C)(C)C)CCC2CN)C1=O. The van der Waals surface area contributed by atoms with Crippen molar-refractivity contribution >= 4 is 11.9 Å². The molecule has 21 heavy (non-hydrogen) atoms. The number of hydrogen-bond acceptors (Lipinski definition) is 3. The summed E-state index contributed by atoms with van der Waals surface area (Å²) in [5, 5.41) is 2.79. The van der Waals surface area contributed by atoms with Crippen LogP contribution < -0.4 is 11.1 Å². The number of carbonyl (C=O) groups excluding carboxylic acids is 2. The molecule has 1 aliphatic carbocycles. The van der Waals surface area contributed by atoms with Crippen LogP contribution in [0.4, 0.5) is 4.79 Å². The number of nitrogens with one attached hydrogen (secondary N) is 1. The molecule has 5 heteroatoms. The van der Waals surface area contributed by atoms with Crippen LogP contribution in [0.25, 0.3) is 0 Å². The molecular weight excluding hydrogens is 266 g/mol. The standard InChI is InChI=1S/C16H29N3O2/c1-15(2,3)11-7-6-10(9-17)12(8-11)19-13(20)16(4,5)18-14(19)21/h10-12H,6-9,17H2,1-5H3,(H,18,21). The smallest absolute Gasteiger partial charge is 0.325 e. The van der Waals surface area contributed by atoms with Gasteiger partial charge in [-0.15, -0.1) is 0 Å². The Kier molecular flexibility index (Phi) is 4.08. The van der Waals surface area contributed by atoms with Crippen molar-refractivity contribution in [3.8, 4) is 0 Å². The minimum absolute atomic E-state index is 0.0674. The molecular formula is C16H29N3O2. The van der Waals surface area contributed by atoms with E-state index in [0.717, 1.165) is 19.3 Å². The van der Waals surface area contributed by atoms with Gasteiger partial charge in [0.25, 0.3) is 5.91 Å². The lowest BCUT2D eigenvalue weighted by atomic mass is 9.67. The number of rotatable bonds is 2. The van der Waals surface area contributed by atoms with Gasteiger partial charge in [-0.1, -0.05) is 20.8 Å². The minimum Gasteiger partial charge on any atom is -0.330 e. The van der Waals surface area contributed by atoms with Crippen LogP contribution in [-0.4, -0.2) is 35.0 Å². The zero-order valence-electron chi connectivity index (χ0n) is 13.9. The first kappa shape index (κ1) is 16.3. The van der Waals surface area contributed by atoms with Gasteiger partial charge in [0.2, 0.25) is 0 Å². The van der Waals surface area contributed by atoms with Gasteiger partial charge in [-0.2, -0.15) is 0 Å². The van der Waals surface area contributed by atoms with Crippen LogP contribution in [0.2, 0.25) is 0 Å². The van der Waals surface area contributed by atoms with Crippen LogP contribution in [0.5, 0.6) is 0 Å². The van der Waals surface area contributed by atoms with Gasteiger partial charge in [0.05, 0.1) is 0 Å². The predicted molar refractivity (Wildman–Crippen MR) is 82.6 cm³/mol. The van der Waals surface area contributed by atoms with Crippen LogP contribution in [0, 0.1) is 17.3 Å². The van der Waals surface area contributed by atoms with Crippen LogP contribution in [0.1, 0.15) is 53.9 Å². The second-order valence-electron chi connectivity index (χ2n) is 8.17. The third-order valence-corrected chi connectivity index (χ3v) is 5.21. The van der Waals surface area contributed by atoms with Gasteiger partial charge >= 0.3 is 6.03 Å². The van der Waals surface area contributed by atoms with Gasteiger partial charge in [-0.3, -0.25) is 9.69 Å². The minimum atomic E-state index is -0.801. The van der Waals surface area contributed by atoms with Gasteiger partial charge in [0, 0.05) is 6.04 Å². The van der Waals surface area contributed by atoms with Crippen molar-refractivity contribution in [2.45, 2.75) is 65.5 Å². The molecule has 2 rings (SSSR count). The number of carbonyl (C=O) groups is 2. The Morgan fingerprint density at radius 1 is 1.29 bits per heavy atom. The predicted octanol–water partition coefficient (Wildman–Crippen LogP) is 2.11. The number of urea groups is 1. The molecule has 120 valence electrons. The molecule has 0 aromatic heterocycles. The van der Waals surface area contributed by atoms with Crippen molar-refractivity contribution in [1.29, 1.82) is 0 Å². The summed E-state index contributed by atoms with van der Waals surface area (Å²) in [6.07, 6.45) is 2.97. The first-order chi connectivity index (χ1) is 9.58. The average Bonchev–Trinajstić information content (AvgIpc) is 2.56. The summed E-state index contributed by atoms with van der Waals surface area (Å²) in [5.74, 6) is 0.604. The molecule has 0 spiro atoms. The summed E-state index contributed by atoms with van der Waals surface area (Å²) >= 11 is 0. The summed E-state index contributed by atoms with van der Waals surface area (Å²) in [6, 6.07) is -0.328. The van der Waals surface area contributed by atoms with E-state index >= 15 is 0 Å². The number of amides is 3. The molecule has 3 atom stereocenters. The van der Waals surface area contributed by atoms with E-state index in [1.165, 1.54) is 4.90 Å². The van der Waals surface area contributed by atoms with Gasteiger partial charge in [0.15, 0.2) is 0 Å². The van der Waals surface area contributed by atoms with Crippen LogP contribution in [-0.2, 0) is 4.79 Å². The molecule has 3 amide bonds. The fourth-order valence-corrected chi connectivity index (χ4v) is 3.66. The number of imide groups is 1. The molecule has 2 aliphatic rings. The number of nitrogens with two attached hydrogens (primary N) is 1. The van der Waals surface area contributed by atoms with E-state index in [9.17, 15) is 9.59 Å². The normalized spacial score (nSPS) is 33.2. The maximum Gasteiger partial charge on any atom is 0.325 e. The highest BCUT2D eigenvalue weighted by Crippen LogP contribution is 2.42. The first-order valence-electron chi connectivity index (χ1n) is 7.94. The topological polar surface area (TPSA) is 75.4 Å². The lowest BCUT2D eigenvalue weighted by Gasteiger charge is -2.44. The molecule has 0 aromatic rings. The Balaban J connectivity index is 2.26. The molecule has 0 radical (unpaired) electrons. The van der Waals surface area contributed by atoms with Gasteiger partial charge in [0.1, 0.15) is 5.54 Å². The largest absolute Gasteiger partial charge is 0.330 e. The molecule has 3 unspecified atom stereocenters. The number of nitrogens with zero attached hydrogens (tertiary/aromatic N) is 1. The van der Waals surface area contributed by atoms with Crippen LogP contribution >= 0.6 is 0 Å². The van der Waals surface area contributed by atoms with Crippen molar-refractivity contribution in [2.24, 2.45) is 23.0 Å². The number of hydrogen-bond donors (Lipinski definition) is 2. The zero-order valence-corrected chi connectivity index (χ0v) is 13.9. The molecule has 1 heterocycles. The summed E-state index contributed by atoms with van der Waals surface area (Å²) < 4.78 is 0. The maximum absolute atomic E-state index is 12.6. The second kappa shape index (κ2) is 5.27. The van der Waals surface area contributed by atoms with Crippen LogP contribution in [0.3, 0.4) is 0 Å². The highest BCUT2D eigenvalue weighted by atomic mass is 16.2. The zero-order chi connectivity index (χ0) is 16.0. The van der Waals surface area contributed by atoms with E-state index in [1.54, 1.807) is 13.8 Å². The summed E-state index contributed by atoms with van der Waals surface area (Å²) in [7, 11) is 0. The van der Waals surface area contributed by atoms with Crippen molar-refractivity contribution in [3.05, 3.63) is 0 Å². The van der Waals surface area contributed by atoms with E-state index in [2.05, 4.69) is 26.1 Å². The highest BCUT2D eigenvalue weighted by Gasteiger charge is 2.50. The molecule has 1 saturated heterocycles. The Morgan fingerprint density at radius 3 is 2.33 bits per heavy atom. The molecule has 3 N–H and O–H groups in total. The third-order valence-electron chi connectivity index (χ3n) is 5.21. The van der Waals surface area contributed by atoms with Gasteiger partial charge in [-0.05, 0) is 56.9 Å². The van der Waals surface area contributed by atoms with Crippen LogP contribution in [0.15, 0.2) is 0 Å². The van der Waals surface area contributed by atoms with Crippen molar-refractivity contribution in [1.82, 2.24) is 10.2 Å². The van der Waals surface area contributed by atoms with Gasteiger partial charge in [-0.25, -0.2) is 4.79 Å². The second-order valence-corrected chi connectivity index (χ2v) is 8.17. The molecule has 1 saturated carbocycles. The quantitative estimate of drug-likeness (QED) is 0.766. The van der Waals surface area contributed by atoms with E-state index in [-0.39, 0.29) is 29.3 Å². The first-order valence-corrected chi connectivity index (χ1v) is 7.94. The lowest BCUT2D eigenvalue weighted by molar-refractivity contribution is -0.133. The van der Waals surface area contributed by atoms with Crippen molar-refractivity contribution in [3.63, 3.8) is 0 Å². The maximum atomic E-state index is 12.6. The monoisotopic (exact) mass is 295 g/mol. The van der Waals surface area contributed by atoms with E-state index in [1.807, 2.05) is 0 Å². The summed E-state index contributed by atoms with van der Waals surface area (Å²) in [4.78, 5) is 26.3.